The van der Waals surface area contributed by atoms with Crippen LogP contribution in [0, 0.1) is 18.2 Å². The molecule has 31 heavy (non-hydrogen) atoms. The van der Waals surface area contributed by atoms with Crippen LogP contribution in [0.1, 0.15) is 16.9 Å². The predicted molar refractivity (Wildman–Crippen MR) is 119 cm³/mol. The first-order valence-corrected chi connectivity index (χ1v) is 10.2. The smallest absolute Gasteiger partial charge is 0.283 e. The average Bonchev–Trinajstić information content (AvgIpc) is 3.40. The van der Waals surface area contributed by atoms with Crippen molar-refractivity contribution in [1.82, 2.24) is 5.01 Å². The SMILES string of the molecule is Cc1ccc(C2=NN3C(=N)C(=Cc4ccc(-c5ccc(F)cc5)o4)C(=O)N=C3S2)cc1. The van der Waals surface area contributed by atoms with Gasteiger partial charge in [-0.25, -0.2) is 4.39 Å². The number of aryl methyl sites for hydroxylation is 1. The van der Waals surface area contributed by atoms with Crippen molar-refractivity contribution in [3.63, 3.8) is 0 Å². The fourth-order valence-corrected chi connectivity index (χ4v) is 4.04. The van der Waals surface area contributed by atoms with Crippen LogP contribution in [0.4, 0.5) is 4.39 Å². The van der Waals surface area contributed by atoms with E-state index in [1.807, 2.05) is 31.2 Å². The van der Waals surface area contributed by atoms with Crippen molar-refractivity contribution in [2.75, 3.05) is 0 Å². The van der Waals surface area contributed by atoms with Gasteiger partial charge in [0.05, 0.1) is 5.57 Å². The van der Waals surface area contributed by atoms with Gasteiger partial charge in [0.1, 0.15) is 22.4 Å². The van der Waals surface area contributed by atoms with E-state index in [-0.39, 0.29) is 17.2 Å². The highest BCUT2D eigenvalue weighted by Gasteiger charge is 2.36. The molecule has 1 amide bonds. The Kier molecular flexibility index (Phi) is 4.63. The summed E-state index contributed by atoms with van der Waals surface area (Å²) in [6, 6.07) is 17.2. The number of aliphatic imine (C=N–C) groups is 1. The van der Waals surface area contributed by atoms with Gasteiger partial charge < -0.3 is 4.42 Å². The molecule has 0 unspecified atom stereocenters. The topological polar surface area (TPSA) is 82.0 Å². The van der Waals surface area contributed by atoms with Gasteiger partial charge in [-0.3, -0.25) is 10.2 Å². The van der Waals surface area contributed by atoms with Crippen LogP contribution in [0.15, 0.2) is 80.7 Å². The first-order valence-electron chi connectivity index (χ1n) is 9.41. The Morgan fingerprint density at radius 2 is 1.74 bits per heavy atom. The molecule has 1 aromatic heterocycles. The number of hydrogen-bond acceptors (Lipinski definition) is 5. The highest BCUT2D eigenvalue weighted by Crippen LogP contribution is 2.31. The number of furan rings is 1. The number of amidine groups is 2. The van der Waals surface area contributed by atoms with Gasteiger partial charge in [0.2, 0.25) is 5.17 Å². The van der Waals surface area contributed by atoms with E-state index in [1.54, 1.807) is 24.3 Å². The van der Waals surface area contributed by atoms with Crippen LogP contribution < -0.4 is 0 Å². The number of hydrogen-bond donors (Lipinski definition) is 1. The largest absolute Gasteiger partial charge is 0.457 e. The first kappa shape index (κ1) is 19.2. The van der Waals surface area contributed by atoms with Gasteiger partial charge in [-0.05, 0) is 61.2 Å². The molecule has 152 valence electrons. The van der Waals surface area contributed by atoms with Gasteiger partial charge in [0, 0.05) is 11.1 Å². The summed E-state index contributed by atoms with van der Waals surface area (Å²) in [6.45, 7) is 2.00. The van der Waals surface area contributed by atoms with Crippen molar-refractivity contribution < 1.29 is 13.6 Å². The van der Waals surface area contributed by atoms with Crippen molar-refractivity contribution in [2.24, 2.45) is 10.1 Å². The van der Waals surface area contributed by atoms with E-state index in [1.165, 1.54) is 35.0 Å². The average molecular weight is 430 g/mol. The highest BCUT2D eigenvalue weighted by molar-refractivity contribution is 8.27. The molecule has 0 spiro atoms. The zero-order valence-corrected chi connectivity index (χ0v) is 17.1. The Labute approximate surface area is 181 Å². The minimum absolute atomic E-state index is 0.0654. The molecule has 0 aliphatic carbocycles. The van der Waals surface area contributed by atoms with Gasteiger partial charge in [-0.1, -0.05) is 29.8 Å². The minimum Gasteiger partial charge on any atom is -0.457 e. The number of hydrazone groups is 1. The quantitative estimate of drug-likeness (QED) is 0.589. The van der Waals surface area contributed by atoms with Crippen molar-refractivity contribution in [3.05, 3.63) is 88.9 Å². The highest BCUT2D eigenvalue weighted by atomic mass is 32.2. The number of carbonyl (C=O) groups excluding carboxylic acids is 1. The van der Waals surface area contributed by atoms with E-state index in [0.29, 0.717) is 27.3 Å². The lowest BCUT2D eigenvalue weighted by Crippen LogP contribution is -2.35. The third-order valence-corrected chi connectivity index (χ3v) is 5.75. The van der Waals surface area contributed by atoms with Gasteiger partial charge in [-0.2, -0.15) is 15.1 Å². The number of rotatable bonds is 3. The number of nitrogens with zero attached hydrogens (tertiary/aromatic N) is 3. The second-order valence-electron chi connectivity index (χ2n) is 7.00. The van der Waals surface area contributed by atoms with Crippen LogP contribution in [-0.4, -0.2) is 27.0 Å². The molecule has 2 aliphatic rings. The molecule has 8 heteroatoms. The van der Waals surface area contributed by atoms with E-state index in [4.69, 9.17) is 9.83 Å². The molecular weight excluding hydrogens is 415 g/mol. The number of nitrogens with one attached hydrogen (secondary N) is 1. The van der Waals surface area contributed by atoms with Crippen molar-refractivity contribution in [3.8, 4) is 11.3 Å². The first-order chi connectivity index (χ1) is 15.0. The van der Waals surface area contributed by atoms with Crippen LogP contribution >= 0.6 is 11.8 Å². The van der Waals surface area contributed by atoms with Crippen LogP contribution in [0.3, 0.4) is 0 Å². The molecule has 0 bridgehead atoms. The van der Waals surface area contributed by atoms with Gasteiger partial charge in [0.25, 0.3) is 5.91 Å². The standard InChI is InChI=1S/C23H15FN4O2S/c1-13-2-4-15(5-3-13)22-27-28-20(25)18(21(29)26-23(28)31-22)12-17-10-11-19(30-17)14-6-8-16(24)9-7-14/h2-12,25H,1H3. The van der Waals surface area contributed by atoms with E-state index in [9.17, 15) is 9.18 Å². The van der Waals surface area contributed by atoms with E-state index in [0.717, 1.165) is 11.1 Å². The summed E-state index contributed by atoms with van der Waals surface area (Å²) in [5.74, 6) is -0.00214. The van der Waals surface area contributed by atoms with E-state index < -0.39 is 5.91 Å². The fraction of sp³-hybridized carbons (Fsp3) is 0.0435. The zero-order valence-electron chi connectivity index (χ0n) is 16.3. The molecule has 5 rings (SSSR count). The maximum absolute atomic E-state index is 13.1. The molecule has 3 heterocycles. The molecule has 0 fully saturated rings. The Morgan fingerprint density at radius 1 is 1.03 bits per heavy atom. The molecule has 0 radical (unpaired) electrons. The lowest BCUT2D eigenvalue weighted by atomic mass is 10.1. The third-order valence-electron chi connectivity index (χ3n) is 4.80. The van der Waals surface area contributed by atoms with Gasteiger partial charge in [-0.15, -0.1) is 0 Å². The molecule has 2 aliphatic heterocycles. The number of fused-ring (bicyclic) bond motifs is 1. The second-order valence-corrected chi connectivity index (χ2v) is 7.96. The molecular formula is C23H15FN4O2S. The number of benzene rings is 2. The molecule has 0 saturated heterocycles. The Bertz CT molecular complexity index is 1300. The Balaban J connectivity index is 1.43. The van der Waals surface area contributed by atoms with Crippen molar-refractivity contribution >= 4 is 39.8 Å². The summed E-state index contributed by atoms with van der Waals surface area (Å²) in [6.07, 6.45) is 1.47. The Morgan fingerprint density at radius 3 is 2.48 bits per heavy atom. The van der Waals surface area contributed by atoms with Crippen LogP contribution in [0.5, 0.6) is 0 Å². The number of amides is 1. The zero-order chi connectivity index (χ0) is 21.5. The maximum Gasteiger partial charge on any atom is 0.283 e. The normalized spacial score (nSPS) is 17.1. The molecule has 6 nitrogen and oxygen atoms in total. The molecule has 2 aromatic carbocycles. The molecule has 3 aromatic rings. The van der Waals surface area contributed by atoms with Crippen molar-refractivity contribution in [2.45, 2.75) is 6.92 Å². The second kappa shape index (κ2) is 7.48. The summed E-state index contributed by atoms with van der Waals surface area (Å²) in [5, 5.41) is 15.4. The lowest BCUT2D eigenvalue weighted by molar-refractivity contribution is -0.114. The Hall–Kier alpha value is -3.78. The fourth-order valence-electron chi connectivity index (χ4n) is 3.15. The number of halogens is 1. The van der Waals surface area contributed by atoms with Gasteiger partial charge >= 0.3 is 0 Å². The van der Waals surface area contributed by atoms with E-state index in [2.05, 4.69) is 10.1 Å². The summed E-state index contributed by atoms with van der Waals surface area (Å²) < 4.78 is 18.9. The van der Waals surface area contributed by atoms with Crippen LogP contribution in [-0.2, 0) is 4.79 Å². The molecule has 0 saturated carbocycles. The van der Waals surface area contributed by atoms with Crippen molar-refractivity contribution in [1.29, 1.82) is 5.41 Å². The summed E-state index contributed by atoms with van der Waals surface area (Å²) in [5.41, 5.74) is 2.82. The lowest BCUT2D eigenvalue weighted by Gasteiger charge is -2.19. The summed E-state index contributed by atoms with van der Waals surface area (Å²) in [7, 11) is 0. The van der Waals surface area contributed by atoms with Crippen LogP contribution in [0.2, 0.25) is 0 Å². The molecule has 0 atom stereocenters. The third kappa shape index (κ3) is 3.62. The predicted octanol–water partition coefficient (Wildman–Crippen LogP) is 5.06. The number of thioether (sulfide) groups is 1. The minimum atomic E-state index is -0.524. The monoisotopic (exact) mass is 430 g/mol. The molecule has 1 N–H and O–H groups in total. The summed E-state index contributed by atoms with van der Waals surface area (Å²) >= 11 is 1.25. The van der Waals surface area contributed by atoms with E-state index >= 15 is 0 Å². The van der Waals surface area contributed by atoms with Crippen LogP contribution in [0.25, 0.3) is 17.4 Å². The maximum atomic E-state index is 13.1. The number of carbonyl (C=O) groups is 1. The van der Waals surface area contributed by atoms with Gasteiger partial charge in [0.15, 0.2) is 5.84 Å². The summed E-state index contributed by atoms with van der Waals surface area (Å²) in [4.78, 5) is 16.7.